The summed E-state index contributed by atoms with van der Waals surface area (Å²) in [7, 11) is -3.71. The minimum absolute atomic E-state index is 0.250. The Bertz CT molecular complexity index is 1150. The SMILES string of the molecule is CCN1CC(Cl)=C(c2cn(S(=O)(=O)c3ccc(Br)cc3)c3ccccc23)C1. The van der Waals surface area contributed by atoms with Gasteiger partial charge < -0.3 is 0 Å². The van der Waals surface area contributed by atoms with Crippen LogP contribution in [0, 0.1) is 0 Å². The number of likely N-dealkylation sites (N-methyl/N-ethyl adjacent to an activating group) is 1. The first-order valence-corrected chi connectivity index (χ1v) is 11.2. The first-order valence-electron chi connectivity index (χ1n) is 8.63. The number of aromatic nitrogens is 1. The van der Waals surface area contributed by atoms with E-state index in [0.29, 0.717) is 12.1 Å². The molecule has 0 radical (unpaired) electrons. The Morgan fingerprint density at radius 3 is 2.44 bits per heavy atom. The Morgan fingerprint density at radius 1 is 1.07 bits per heavy atom. The summed E-state index contributed by atoms with van der Waals surface area (Å²) in [5, 5.41) is 1.67. The summed E-state index contributed by atoms with van der Waals surface area (Å²) < 4.78 is 28.8. The number of benzene rings is 2. The number of rotatable bonds is 4. The highest BCUT2D eigenvalue weighted by Crippen LogP contribution is 2.36. The molecule has 0 unspecified atom stereocenters. The van der Waals surface area contributed by atoms with Crippen LogP contribution in [-0.4, -0.2) is 36.9 Å². The van der Waals surface area contributed by atoms with Crippen LogP contribution in [0.3, 0.4) is 0 Å². The molecule has 0 saturated heterocycles. The van der Waals surface area contributed by atoms with Crippen molar-refractivity contribution in [3.05, 3.63) is 69.8 Å². The molecule has 1 aliphatic rings. The molecule has 3 aromatic rings. The zero-order valence-electron chi connectivity index (χ0n) is 14.7. The van der Waals surface area contributed by atoms with Crippen molar-refractivity contribution in [1.29, 1.82) is 0 Å². The summed E-state index contributed by atoms with van der Waals surface area (Å²) in [6, 6.07) is 14.2. The maximum atomic E-state index is 13.3. The van der Waals surface area contributed by atoms with Gasteiger partial charge >= 0.3 is 0 Å². The van der Waals surface area contributed by atoms with Gasteiger partial charge in [-0.3, -0.25) is 4.90 Å². The third-order valence-electron chi connectivity index (χ3n) is 4.89. The van der Waals surface area contributed by atoms with Crippen LogP contribution in [-0.2, 0) is 10.0 Å². The lowest BCUT2D eigenvalue weighted by Gasteiger charge is -2.11. The van der Waals surface area contributed by atoms with E-state index in [1.807, 2.05) is 24.3 Å². The summed E-state index contributed by atoms with van der Waals surface area (Å²) in [6.45, 7) is 4.41. The van der Waals surface area contributed by atoms with Gasteiger partial charge in [0.25, 0.3) is 10.0 Å². The molecule has 1 aromatic heterocycles. The molecule has 0 saturated carbocycles. The number of nitrogens with zero attached hydrogens (tertiary/aromatic N) is 2. The minimum Gasteiger partial charge on any atom is -0.294 e. The molecule has 0 N–H and O–H groups in total. The van der Waals surface area contributed by atoms with Crippen molar-refractivity contribution in [2.75, 3.05) is 19.6 Å². The van der Waals surface area contributed by atoms with Gasteiger partial charge in [-0.05, 0) is 42.4 Å². The summed E-state index contributed by atoms with van der Waals surface area (Å²) in [5.74, 6) is 0. The number of fused-ring (bicyclic) bond motifs is 1. The van der Waals surface area contributed by atoms with E-state index in [4.69, 9.17) is 11.6 Å². The van der Waals surface area contributed by atoms with Crippen LogP contribution >= 0.6 is 27.5 Å². The maximum absolute atomic E-state index is 13.3. The molecule has 0 atom stereocenters. The van der Waals surface area contributed by atoms with E-state index in [2.05, 4.69) is 27.8 Å². The van der Waals surface area contributed by atoms with Crippen molar-refractivity contribution < 1.29 is 8.42 Å². The van der Waals surface area contributed by atoms with Gasteiger partial charge in [-0.25, -0.2) is 12.4 Å². The molecule has 0 fully saturated rings. The van der Waals surface area contributed by atoms with Crippen LogP contribution in [0.4, 0.5) is 0 Å². The highest BCUT2D eigenvalue weighted by atomic mass is 79.9. The van der Waals surface area contributed by atoms with Crippen molar-refractivity contribution in [2.24, 2.45) is 0 Å². The quantitative estimate of drug-likeness (QED) is 0.549. The predicted octanol–water partition coefficient (Wildman–Crippen LogP) is 4.93. The fourth-order valence-corrected chi connectivity index (χ4v) is 5.39. The van der Waals surface area contributed by atoms with Crippen molar-refractivity contribution in [3.8, 4) is 0 Å². The Hall–Kier alpha value is -1.60. The van der Waals surface area contributed by atoms with Gasteiger partial charge in [0, 0.05) is 39.7 Å². The smallest absolute Gasteiger partial charge is 0.268 e. The van der Waals surface area contributed by atoms with E-state index in [1.54, 1.807) is 30.5 Å². The third-order valence-corrected chi connectivity index (χ3v) is 7.46. The second-order valence-corrected chi connectivity index (χ2v) is 9.69. The minimum atomic E-state index is -3.71. The van der Waals surface area contributed by atoms with Crippen molar-refractivity contribution >= 4 is 54.0 Å². The van der Waals surface area contributed by atoms with Crippen LogP contribution in [0.2, 0.25) is 0 Å². The molecule has 2 heterocycles. The zero-order valence-corrected chi connectivity index (χ0v) is 17.9. The largest absolute Gasteiger partial charge is 0.294 e. The molecule has 0 spiro atoms. The second kappa shape index (κ2) is 7.09. The molecule has 4 rings (SSSR count). The van der Waals surface area contributed by atoms with Gasteiger partial charge in [-0.1, -0.05) is 52.7 Å². The molecule has 0 aliphatic carbocycles. The average molecular weight is 466 g/mol. The lowest BCUT2D eigenvalue weighted by atomic mass is 10.1. The molecule has 0 amide bonds. The van der Waals surface area contributed by atoms with Gasteiger partial charge in [0.1, 0.15) is 0 Å². The van der Waals surface area contributed by atoms with Crippen LogP contribution < -0.4 is 0 Å². The summed E-state index contributed by atoms with van der Waals surface area (Å²) in [6.07, 6.45) is 1.71. The van der Waals surface area contributed by atoms with E-state index in [1.165, 1.54) is 3.97 Å². The van der Waals surface area contributed by atoms with Crippen LogP contribution in [0.5, 0.6) is 0 Å². The monoisotopic (exact) mass is 464 g/mol. The molecule has 140 valence electrons. The van der Waals surface area contributed by atoms with E-state index in [0.717, 1.165) is 39.1 Å². The van der Waals surface area contributed by atoms with E-state index in [9.17, 15) is 8.42 Å². The Morgan fingerprint density at radius 2 is 1.78 bits per heavy atom. The molecule has 4 nitrogen and oxygen atoms in total. The molecular weight excluding hydrogens is 448 g/mol. The Labute approximate surface area is 172 Å². The molecule has 1 aliphatic heterocycles. The Kier molecular flexibility index (Phi) is 4.93. The van der Waals surface area contributed by atoms with Crippen LogP contribution in [0.15, 0.2) is 69.1 Å². The van der Waals surface area contributed by atoms with Gasteiger partial charge in [0.2, 0.25) is 0 Å². The van der Waals surface area contributed by atoms with Crippen molar-refractivity contribution in [2.45, 2.75) is 11.8 Å². The van der Waals surface area contributed by atoms with E-state index < -0.39 is 10.0 Å². The fraction of sp³-hybridized carbons (Fsp3) is 0.200. The second-order valence-electron chi connectivity index (χ2n) is 6.50. The van der Waals surface area contributed by atoms with E-state index >= 15 is 0 Å². The van der Waals surface area contributed by atoms with Crippen LogP contribution in [0.1, 0.15) is 12.5 Å². The fourth-order valence-electron chi connectivity index (χ4n) is 3.42. The number of para-hydroxylation sites is 1. The van der Waals surface area contributed by atoms with Gasteiger partial charge in [-0.2, -0.15) is 0 Å². The number of halogens is 2. The van der Waals surface area contributed by atoms with Crippen molar-refractivity contribution in [1.82, 2.24) is 8.87 Å². The topological polar surface area (TPSA) is 42.3 Å². The predicted molar refractivity (Wildman–Crippen MR) is 114 cm³/mol. The molecule has 0 bridgehead atoms. The highest BCUT2D eigenvalue weighted by Gasteiger charge is 2.26. The van der Waals surface area contributed by atoms with Gasteiger partial charge in [-0.15, -0.1) is 0 Å². The summed E-state index contributed by atoms with van der Waals surface area (Å²) in [5.41, 5.74) is 2.54. The summed E-state index contributed by atoms with van der Waals surface area (Å²) in [4.78, 5) is 2.48. The van der Waals surface area contributed by atoms with Gasteiger partial charge in [0.15, 0.2) is 0 Å². The standard InChI is InChI=1S/C20H18BrClN2O2S/c1-2-23-11-18(19(22)13-23)17-12-24(20-6-4-3-5-16(17)20)27(25,26)15-9-7-14(21)8-10-15/h3-10,12H,2,11,13H2,1H3. The first-order chi connectivity index (χ1) is 12.9. The highest BCUT2D eigenvalue weighted by molar-refractivity contribution is 9.10. The van der Waals surface area contributed by atoms with E-state index in [-0.39, 0.29) is 4.90 Å². The number of hydrogen-bond acceptors (Lipinski definition) is 3. The first kappa shape index (κ1) is 18.7. The summed E-state index contributed by atoms with van der Waals surface area (Å²) >= 11 is 9.87. The maximum Gasteiger partial charge on any atom is 0.268 e. The molecular formula is C20H18BrClN2O2S. The Balaban J connectivity index is 1.91. The zero-order chi connectivity index (χ0) is 19.2. The van der Waals surface area contributed by atoms with Crippen LogP contribution in [0.25, 0.3) is 16.5 Å². The van der Waals surface area contributed by atoms with Crippen molar-refractivity contribution in [3.63, 3.8) is 0 Å². The lowest BCUT2D eigenvalue weighted by Crippen LogP contribution is -2.20. The molecule has 27 heavy (non-hydrogen) atoms. The molecule has 2 aromatic carbocycles. The lowest BCUT2D eigenvalue weighted by molar-refractivity contribution is 0.375. The average Bonchev–Trinajstić information content (AvgIpc) is 3.22. The third kappa shape index (κ3) is 3.25. The normalized spacial score (nSPS) is 15.8. The molecule has 7 heteroatoms. The number of hydrogen-bond donors (Lipinski definition) is 0. The van der Waals surface area contributed by atoms with Gasteiger partial charge in [0.05, 0.1) is 10.4 Å².